The first-order chi connectivity index (χ1) is 14.4. The number of ether oxygens (including phenoxy) is 1. The zero-order chi connectivity index (χ0) is 23.1. The monoisotopic (exact) mass is 437 g/mol. The lowest BCUT2D eigenvalue weighted by Gasteiger charge is -2.32. The lowest BCUT2D eigenvalue weighted by atomic mass is 10.0. The van der Waals surface area contributed by atoms with Crippen LogP contribution in [-0.4, -0.2) is 94.3 Å². The summed E-state index contributed by atoms with van der Waals surface area (Å²) >= 11 is 0. The molecule has 1 fully saturated rings. The van der Waals surface area contributed by atoms with Gasteiger partial charge in [0.25, 0.3) is 0 Å². The van der Waals surface area contributed by atoms with Crippen molar-refractivity contribution in [2.45, 2.75) is 65.1 Å². The Bertz CT molecular complexity index is 719. The summed E-state index contributed by atoms with van der Waals surface area (Å²) in [7, 11) is 2.15. The first kappa shape index (κ1) is 25.1. The van der Waals surface area contributed by atoms with Gasteiger partial charge in [0.2, 0.25) is 5.91 Å². The van der Waals surface area contributed by atoms with Crippen molar-refractivity contribution >= 4 is 12.0 Å². The van der Waals surface area contributed by atoms with Gasteiger partial charge in [0.05, 0.1) is 12.2 Å². The van der Waals surface area contributed by atoms with Crippen molar-refractivity contribution < 1.29 is 14.3 Å². The largest absolute Gasteiger partial charge is 0.444 e. The van der Waals surface area contributed by atoms with E-state index in [-0.39, 0.29) is 12.3 Å². The van der Waals surface area contributed by atoms with Gasteiger partial charge in [-0.25, -0.2) is 4.79 Å². The van der Waals surface area contributed by atoms with Crippen LogP contribution in [0.1, 0.15) is 46.7 Å². The molecule has 0 radical (unpaired) electrons. The summed E-state index contributed by atoms with van der Waals surface area (Å²) in [6.45, 7) is 15.4. The van der Waals surface area contributed by atoms with Crippen molar-refractivity contribution in [1.82, 2.24) is 35.4 Å². The van der Waals surface area contributed by atoms with Crippen molar-refractivity contribution in [1.29, 1.82) is 0 Å². The predicted octanol–water partition coefficient (Wildman–Crippen LogP) is 0.878. The van der Waals surface area contributed by atoms with E-state index in [1.54, 1.807) is 39.3 Å². The fourth-order valence-corrected chi connectivity index (χ4v) is 3.30. The molecule has 0 aromatic carbocycles. The SMILES string of the molecule is CN1CCN(CCc2cn(CCNC(=O)CC(C)(C)NC(=O)OC(C)(C)C)nn2)CC1. The van der Waals surface area contributed by atoms with E-state index in [0.717, 1.165) is 44.8 Å². The average molecular weight is 438 g/mol. The topological polar surface area (TPSA) is 105 Å². The van der Waals surface area contributed by atoms with Gasteiger partial charge in [0, 0.05) is 63.8 Å². The molecule has 0 unspecified atom stereocenters. The maximum Gasteiger partial charge on any atom is 0.408 e. The molecule has 2 rings (SSSR count). The van der Waals surface area contributed by atoms with Gasteiger partial charge in [-0.3, -0.25) is 9.48 Å². The highest BCUT2D eigenvalue weighted by Gasteiger charge is 2.27. The summed E-state index contributed by atoms with van der Waals surface area (Å²) in [5, 5.41) is 14.0. The lowest BCUT2D eigenvalue weighted by Crippen LogP contribution is -2.48. The number of alkyl carbamates (subject to hydrolysis) is 1. The van der Waals surface area contributed by atoms with Crippen LogP contribution in [0.4, 0.5) is 4.79 Å². The van der Waals surface area contributed by atoms with Crippen molar-refractivity contribution in [3.05, 3.63) is 11.9 Å². The molecule has 1 aliphatic rings. The Balaban J connectivity index is 1.66. The standard InChI is InChI=1S/C21H39N7O3/c1-20(2,3)31-19(30)23-21(4,5)15-18(29)22-8-10-28-16-17(24-25-28)7-9-27-13-11-26(6)12-14-27/h16H,7-15H2,1-6H3,(H,22,29)(H,23,30). The van der Waals surface area contributed by atoms with Crippen molar-refractivity contribution in [2.75, 3.05) is 46.3 Å². The van der Waals surface area contributed by atoms with Gasteiger partial charge in [0.15, 0.2) is 0 Å². The van der Waals surface area contributed by atoms with Gasteiger partial charge >= 0.3 is 6.09 Å². The number of hydrogen-bond donors (Lipinski definition) is 2. The van der Waals surface area contributed by atoms with Crippen LogP contribution in [-0.2, 0) is 22.5 Å². The summed E-state index contributed by atoms with van der Waals surface area (Å²) < 4.78 is 7.01. The fraction of sp³-hybridized carbons (Fsp3) is 0.810. The zero-order valence-corrected chi connectivity index (χ0v) is 19.9. The maximum absolute atomic E-state index is 12.3. The molecule has 0 aliphatic carbocycles. The van der Waals surface area contributed by atoms with E-state index >= 15 is 0 Å². The molecule has 1 saturated heterocycles. The van der Waals surface area contributed by atoms with Gasteiger partial charge in [-0.15, -0.1) is 5.10 Å². The summed E-state index contributed by atoms with van der Waals surface area (Å²) in [6, 6.07) is 0. The molecular weight excluding hydrogens is 398 g/mol. The Morgan fingerprint density at radius 3 is 2.42 bits per heavy atom. The molecule has 1 aromatic heterocycles. The molecule has 0 spiro atoms. The highest BCUT2D eigenvalue weighted by molar-refractivity contribution is 5.78. The van der Waals surface area contributed by atoms with E-state index in [1.807, 2.05) is 6.20 Å². The molecule has 2 N–H and O–H groups in total. The van der Waals surface area contributed by atoms with Gasteiger partial charge < -0.3 is 25.2 Å². The molecular formula is C21H39N7O3. The number of nitrogens with zero attached hydrogens (tertiary/aromatic N) is 5. The number of hydrogen-bond acceptors (Lipinski definition) is 7. The number of carbonyl (C=O) groups is 2. The highest BCUT2D eigenvalue weighted by Crippen LogP contribution is 2.12. The third-order valence-electron chi connectivity index (χ3n) is 4.97. The number of aromatic nitrogens is 3. The number of amides is 2. The smallest absolute Gasteiger partial charge is 0.408 e. The Morgan fingerprint density at radius 2 is 1.77 bits per heavy atom. The number of rotatable bonds is 9. The summed E-state index contributed by atoms with van der Waals surface area (Å²) in [6.07, 6.45) is 2.44. The number of nitrogens with one attached hydrogen (secondary N) is 2. The molecule has 0 atom stereocenters. The van der Waals surface area contributed by atoms with Crippen LogP contribution in [0.2, 0.25) is 0 Å². The second kappa shape index (κ2) is 10.9. The van der Waals surface area contributed by atoms with Crippen LogP contribution < -0.4 is 10.6 Å². The van der Waals surface area contributed by atoms with Gasteiger partial charge in [-0.05, 0) is 41.7 Å². The van der Waals surface area contributed by atoms with Gasteiger partial charge in [-0.2, -0.15) is 0 Å². The van der Waals surface area contributed by atoms with E-state index in [4.69, 9.17) is 4.74 Å². The van der Waals surface area contributed by atoms with Gasteiger partial charge in [0.1, 0.15) is 5.60 Å². The Morgan fingerprint density at radius 1 is 1.10 bits per heavy atom. The molecule has 31 heavy (non-hydrogen) atoms. The maximum atomic E-state index is 12.3. The van der Waals surface area contributed by atoms with Crippen LogP contribution in [0.3, 0.4) is 0 Å². The number of likely N-dealkylation sites (N-methyl/N-ethyl adjacent to an activating group) is 1. The van der Waals surface area contributed by atoms with E-state index in [9.17, 15) is 9.59 Å². The van der Waals surface area contributed by atoms with Crippen LogP contribution in [0.15, 0.2) is 6.20 Å². The minimum atomic E-state index is -0.712. The second-order valence-electron chi connectivity index (χ2n) is 9.91. The van der Waals surface area contributed by atoms with Crippen molar-refractivity contribution in [2.24, 2.45) is 0 Å². The molecule has 176 valence electrons. The number of piperazine rings is 1. The Labute approximate surface area is 185 Å². The third-order valence-corrected chi connectivity index (χ3v) is 4.97. The first-order valence-corrected chi connectivity index (χ1v) is 11.0. The quantitative estimate of drug-likeness (QED) is 0.591. The van der Waals surface area contributed by atoms with E-state index < -0.39 is 17.2 Å². The predicted molar refractivity (Wildman–Crippen MR) is 119 cm³/mol. The van der Waals surface area contributed by atoms with Gasteiger partial charge in [-0.1, -0.05) is 5.21 Å². The van der Waals surface area contributed by atoms with Crippen molar-refractivity contribution in [3.63, 3.8) is 0 Å². The molecule has 0 bridgehead atoms. The highest BCUT2D eigenvalue weighted by atomic mass is 16.6. The normalized spacial score (nSPS) is 16.2. The molecule has 1 aliphatic heterocycles. The fourth-order valence-electron chi connectivity index (χ4n) is 3.30. The summed E-state index contributed by atoms with van der Waals surface area (Å²) in [5.41, 5.74) is -0.326. The molecule has 2 heterocycles. The second-order valence-corrected chi connectivity index (χ2v) is 9.91. The molecule has 10 heteroatoms. The number of carbonyl (C=O) groups excluding carboxylic acids is 2. The van der Waals surface area contributed by atoms with Crippen LogP contribution in [0.5, 0.6) is 0 Å². The molecule has 10 nitrogen and oxygen atoms in total. The minimum Gasteiger partial charge on any atom is -0.444 e. The molecule has 0 saturated carbocycles. The Hall–Kier alpha value is -2.20. The summed E-state index contributed by atoms with van der Waals surface area (Å²) in [5.74, 6) is -0.142. The van der Waals surface area contributed by atoms with E-state index in [2.05, 4.69) is 37.8 Å². The van der Waals surface area contributed by atoms with Crippen LogP contribution in [0, 0.1) is 0 Å². The first-order valence-electron chi connectivity index (χ1n) is 11.0. The zero-order valence-electron chi connectivity index (χ0n) is 19.9. The van der Waals surface area contributed by atoms with Crippen LogP contribution in [0.25, 0.3) is 0 Å². The molecule has 2 amide bonds. The third kappa shape index (κ3) is 10.1. The van der Waals surface area contributed by atoms with E-state index in [0.29, 0.717) is 13.1 Å². The summed E-state index contributed by atoms with van der Waals surface area (Å²) in [4.78, 5) is 29.0. The Kier molecular flexibility index (Phi) is 8.81. The van der Waals surface area contributed by atoms with Crippen molar-refractivity contribution in [3.8, 4) is 0 Å². The van der Waals surface area contributed by atoms with Crippen LogP contribution >= 0.6 is 0 Å². The molecule has 1 aromatic rings. The minimum absolute atomic E-state index is 0.142. The van der Waals surface area contributed by atoms with E-state index in [1.165, 1.54) is 0 Å². The average Bonchev–Trinajstić information content (AvgIpc) is 3.06. The lowest BCUT2D eigenvalue weighted by molar-refractivity contribution is -0.122.